The van der Waals surface area contributed by atoms with Crippen LogP contribution in [0.1, 0.15) is 31.9 Å². The molecule has 1 heterocycles. The lowest BCUT2D eigenvalue weighted by Crippen LogP contribution is -2.44. The molecule has 128 valence electrons. The molecule has 1 amide bonds. The minimum Gasteiger partial charge on any atom is -0.480 e. The Kier molecular flexibility index (Phi) is 5.57. The SMILES string of the molecule is CC(C)(C)OC(=O)N[C@@H](Cc1cncc(C(F)(F)F)c1)C(=O)O. The van der Waals surface area contributed by atoms with E-state index in [0.717, 1.165) is 12.3 Å². The van der Waals surface area contributed by atoms with Gasteiger partial charge in [-0.15, -0.1) is 0 Å². The number of ether oxygens (including phenoxy) is 1. The number of carbonyl (C=O) groups excluding carboxylic acids is 1. The van der Waals surface area contributed by atoms with Crippen LogP contribution in [0.4, 0.5) is 18.0 Å². The van der Waals surface area contributed by atoms with Gasteiger partial charge in [-0.1, -0.05) is 0 Å². The third-order valence-corrected chi connectivity index (χ3v) is 2.55. The first-order valence-electron chi connectivity index (χ1n) is 6.62. The van der Waals surface area contributed by atoms with E-state index < -0.39 is 35.4 Å². The lowest BCUT2D eigenvalue weighted by atomic mass is 10.1. The maximum absolute atomic E-state index is 12.6. The van der Waals surface area contributed by atoms with Gasteiger partial charge < -0.3 is 15.2 Å². The molecule has 1 rings (SSSR count). The molecule has 23 heavy (non-hydrogen) atoms. The van der Waals surface area contributed by atoms with Crippen LogP contribution in [-0.2, 0) is 22.1 Å². The molecule has 6 nitrogen and oxygen atoms in total. The molecule has 0 saturated carbocycles. The standard InChI is InChI=1S/C14H17F3N2O4/c1-13(2,3)23-12(22)19-10(11(20)21)5-8-4-9(7-18-6-8)14(15,16)17/h4,6-7,10H,5H2,1-3H3,(H,19,22)(H,20,21)/t10-/m0/s1. The van der Waals surface area contributed by atoms with E-state index in [9.17, 15) is 22.8 Å². The first-order valence-corrected chi connectivity index (χ1v) is 6.62. The van der Waals surface area contributed by atoms with Crippen molar-refractivity contribution in [1.82, 2.24) is 10.3 Å². The summed E-state index contributed by atoms with van der Waals surface area (Å²) in [7, 11) is 0. The fraction of sp³-hybridized carbons (Fsp3) is 0.500. The summed E-state index contributed by atoms with van der Waals surface area (Å²) in [6.45, 7) is 4.79. The molecule has 1 aromatic rings. The van der Waals surface area contributed by atoms with Gasteiger partial charge in [0.15, 0.2) is 0 Å². The minimum absolute atomic E-state index is 0.0308. The van der Waals surface area contributed by atoms with Gasteiger partial charge in [0.2, 0.25) is 0 Å². The van der Waals surface area contributed by atoms with Crippen LogP contribution in [0, 0.1) is 0 Å². The van der Waals surface area contributed by atoms with Crippen molar-refractivity contribution in [2.75, 3.05) is 0 Å². The Morgan fingerprint density at radius 2 is 1.91 bits per heavy atom. The highest BCUT2D eigenvalue weighted by Crippen LogP contribution is 2.29. The summed E-state index contributed by atoms with van der Waals surface area (Å²) in [6, 6.07) is -0.644. The summed E-state index contributed by atoms with van der Waals surface area (Å²) < 4.78 is 42.8. The Morgan fingerprint density at radius 3 is 2.39 bits per heavy atom. The number of pyridine rings is 1. The number of alkyl halides is 3. The highest BCUT2D eigenvalue weighted by atomic mass is 19.4. The van der Waals surface area contributed by atoms with Crippen molar-refractivity contribution < 1.29 is 32.6 Å². The number of hydrogen-bond acceptors (Lipinski definition) is 4. The van der Waals surface area contributed by atoms with Crippen molar-refractivity contribution in [3.8, 4) is 0 Å². The normalized spacial score (nSPS) is 13.3. The minimum atomic E-state index is -4.58. The number of hydrogen-bond donors (Lipinski definition) is 2. The number of carboxylic acid groups (broad SMARTS) is 1. The maximum Gasteiger partial charge on any atom is 0.417 e. The van der Waals surface area contributed by atoms with E-state index in [4.69, 9.17) is 9.84 Å². The summed E-state index contributed by atoms with van der Waals surface area (Å²) in [5, 5.41) is 11.2. The van der Waals surface area contributed by atoms with Crippen LogP contribution in [0.15, 0.2) is 18.5 Å². The predicted molar refractivity (Wildman–Crippen MR) is 73.7 cm³/mol. The van der Waals surface area contributed by atoms with Crippen LogP contribution in [-0.4, -0.2) is 33.8 Å². The first-order chi connectivity index (χ1) is 10.4. The molecule has 0 aromatic carbocycles. The average molecular weight is 334 g/mol. The molecule has 1 aromatic heterocycles. The third kappa shape index (κ3) is 6.54. The van der Waals surface area contributed by atoms with Gasteiger partial charge in [0.05, 0.1) is 5.56 Å². The summed E-state index contributed by atoms with van der Waals surface area (Å²) in [4.78, 5) is 26.2. The highest BCUT2D eigenvalue weighted by molar-refractivity contribution is 5.80. The van der Waals surface area contributed by atoms with Gasteiger partial charge in [0.25, 0.3) is 0 Å². The largest absolute Gasteiger partial charge is 0.480 e. The van der Waals surface area contributed by atoms with Crippen molar-refractivity contribution in [3.63, 3.8) is 0 Å². The Morgan fingerprint density at radius 1 is 1.30 bits per heavy atom. The van der Waals surface area contributed by atoms with E-state index >= 15 is 0 Å². The number of aliphatic carboxylic acids is 1. The van der Waals surface area contributed by atoms with Gasteiger partial charge >= 0.3 is 18.2 Å². The Hall–Kier alpha value is -2.32. The average Bonchev–Trinajstić information content (AvgIpc) is 2.35. The van der Waals surface area contributed by atoms with Gasteiger partial charge in [-0.3, -0.25) is 4.98 Å². The molecular weight excluding hydrogens is 317 g/mol. The zero-order chi connectivity index (χ0) is 17.8. The number of carboxylic acids is 1. The predicted octanol–water partition coefficient (Wildman–Crippen LogP) is 2.62. The van der Waals surface area contributed by atoms with Gasteiger partial charge in [-0.25, -0.2) is 9.59 Å². The van der Waals surface area contributed by atoms with Crippen LogP contribution in [0.5, 0.6) is 0 Å². The number of alkyl carbamates (subject to hydrolysis) is 1. The number of rotatable bonds is 4. The quantitative estimate of drug-likeness (QED) is 0.884. The molecule has 0 fully saturated rings. The summed E-state index contributed by atoms with van der Waals surface area (Å²) in [5.74, 6) is -1.40. The molecule has 0 spiro atoms. The summed E-state index contributed by atoms with van der Waals surface area (Å²) >= 11 is 0. The van der Waals surface area contributed by atoms with Crippen molar-refractivity contribution >= 4 is 12.1 Å². The molecule has 9 heteroatoms. The number of nitrogens with zero attached hydrogens (tertiary/aromatic N) is 1. The Bertz CT molecular complexity index is 582. The van der Waals surface area contributed by atoms with E-state index in [1.54, 1.807) is 20.8 Å². The Balaban J connectivity index is 2.85. The summed E-state index contributed by atoms with van der Waals surface area (Å²) in [5.41, 5.74) is -1.79. The lowest BCUT2D eigenvalue weighted by molar-refractivity contribution is -0.139. The fourth-order valence-electron chi connectivity index (χ4n) is 1.64. The number of halogens is 3. The number of carbonyl (C=O) groups is 2. The van der Waals surface area contributed by atoms with Crippen molar-refractivity contribution in [3.05, 3.63) is 29.6 Å². The highest BCUT2D eigenvalue weighted by Gasteiger charge is 2.31. The maximum atomic E-state index is 12.6. The van der Waals surface area contributed by atoms with Gasteiger partial charge in [0.1, 0.15) is 11.6 Å². The topological polar surface area (TPSA) is 88.5 Å². The third-order valence-electron chi connectivity index (χ3n) is 2.55. The zero-order valence-electron chi connectivity index (χ0n) is 12.8. The monoisotopic (exact) mass is 334 g/mol. The molecule has 1 atom stereocenters. The van der Waals surface area contributed by atoms with Crippen molar-refractivity contribution in [2.24, 2.45) is 0 Å². The molecule has 0 aliphatic heterocycles. The van der Waals surface area contributed by atoms with Crippen LogP contribution >= 0.6 is 0 Å². The van der Waals surface area contributed by atoms with Crippen LogP contribution in [0.3, 0.4) is 0 Å². The van der Waals surface area contributed by atoms with Gasteiger partial charge in [-0.05, 0) is 32.4 Å². The molecular formula is C14H17F3N2O4. The first kappa shape index (κ1) is 18.7. The molecule has 0 saturated heterocycles. The molecule has 0 aliphatic carbocycles. The van der Waals surface area contributed by atoms with Crippen LogP contribution in [0.25, 0.3) is 0 Å². The number of aromatic nitrogens is 1. The Labute approximate surface area is 130 Å². The van der Waals surface area contributed by atoms with E-state index in [0.29, 0.717) is 6.20 Å². The molecule has 0 aliphatic rings. The molecule has 0 bridgehead atoms. The lowest BCUT2D eigenvalue weighted by Gasteiger charge is -2.22. The van der Waals surface area contributed by atoms with Gasteiger partial charge in [-0.2, -0.15) is 13.2 Å². The molecule has 0 unspecified atom stereocenters. The van der Waals surface area contributed by atoms with E-state index in [1.165, 1.54) is 0 Å². The van der Waals surface area contributed by atoms with Crippen LogP contribution in [0.2, 0.25) is 0 Å². The number of amides is 1. The molecule has 2 N–H and O–H groups in total. The van der Waals surface area contributed by atoms with E-state index in [2.05, 4.69) is 10.3 Å². The molecule has 0 radical (unpaired) electrons. The fourth-order valence-corrected chi connectivity index (χ4v) is 1.64. The number of nitrogens with one attached hydrogen (secondary N) is 1. The van der Waals surface area contributed by atoms with Crippen molar-refractivity contribution in [1.29, 1.82) is 0 Å². The zero-order valence-corrected chi connectivity index (χ0v) is 12.8. The van der Waals surface area contributed by atoms with E-state index in [1.807, 2.05) is 0 Å². The summed E-state index contributed by atoms with van der Waals surface area (Å²) in [6.07, 6.45) is -4.15. The van der Waals surface area contributed by atoms with Gasteiger partial charge in [0, 0.05) is 18.8 Å². The second-order valence-electron chi connectivity index (χ2n) is 5.82. The van der Waals surface area contributed by atoms with Crippen LogP contribution < -0.4 is 5.32 Å². The van der Waals surface area contributed by atoms with Crippen molar-refractivity contribution in [2.45, 2.75) is 45.0 Å². The smallest absolute Gasteiger partial charge is 0.417 e. The second-order valence-corrected chi connectivity index (χ2v) is 5.82. The van der Waals surface area contributed by atoms with E-state index in [-0.39, 0.29) is 12.0 Å². The second kappa shape index (κ2) is 6.84.